The van der Waals surface area contributed by atoms with Gasteiger partial charge < -0.3 is 4.74 Å². The maximum Gasteiger partial charge on any atom is 0.531 e. The fraction of sp³-hybridized carbons (Fsp3) is 0.143. The number of hydrogen-bond acceptors (Lipinski definition) is 3. The number of ether oxygens (including phenoxy) is 1. The Morgan fingerprint density at radius 1 is 0.720 bits per heavy atom. The molecular weight excluding hydrogens is 331 g/mol. The van der Waals surface area contributed by atoms with Crippen molar-refractivity contribution in [2.45, 2.75) is 5.16 Å². The molecule has 0 aliphatic carbocycles. The minimum absolute atomic E-state index is 0.0244. The highest BCUT2D eigenvalue weighted by Gasteiger charge is 2.56. The van der Waals surface area contributed by atoms with E-state index in [2.05, 4.69) is 0 Å². The highest BCUT2D eigenvalue weighted by molar-refractivity contribution is 7.41. The van der Waals surface area contributed by atoms with Gasteiger partial charge in [0.15, 0.2) is 0 Å². The lowest BCUT2D eigenvalue weighted by atomic mass is 9.84. The minimum atomic E-state index is -2.14. The van der Waals surface area contributed by atoms with Crippen molar-refractivity contribution in [2.24, 2.45) is 0 Å². The standard InChI is InChI=1S/C21H20O3P/c1-23-17-24-25(22)21(18-11-5-2-6-12-18,19-13-7-3-8-14-19)20-15-9-4-10-16-20/h2-16H,17H2,1H3/q+1. The SMILES string of the molecule is COCO[P+](=O)C(c1ccccc1)(c1ccccc1)c1ccccc1. The number of benzene rings is 3. The normalized spacial score (nSPS) is 12.0. The van der Waals surface area contributed by atoms with Gasteiger partial charge in [-0.1, -0.05) is 91.0 Å². The second-order valence-corrected chi connectivity index (χ2v) is 7.04. The molecule has 0 radical (unpaired) electrons. The lowest BCUT2D eigenvalue weighted by molar-refractivity contribution is 0.0555. The highest BCUT2D eigenvalue weighted by atomic mass is 31.1. The largest absolute Gasteiger partial charge is 0.531 e. The number of methoxy groups -OCH3 is 1. The molecule has 3 aromatic carbocycles. The zero-order valence-corrected chi connectivity index (χ0v) is 14.9. The van der Waals surface area contributed by atoms with Gasteiger partial charge in [-0.25, -0.2) is 0 Å². The molecule has 0 N–H and O–H groups in total. The van der Waals surface area contributed by atoms with E-state index in [1.165, 1.54) is 7.11 Å². The van der Waals surface area contributed by atoms with Gasteiger partial charge >= 0.3 is 8.03 Å². The molecule has 0 aliphatic rings. The Kier molecular flexibility index (Phi) is 5.72. The first-order valence-corrected chi connectivity index (χ1v) is 9.23. The molecule has 0 saturated carbocycles. The molecular formula is C21H20O3P+. The molecule has 3 nitrogen and oxygen atoms in total. The van der Waals surface area contributed by atoms with E-state index in [-0.39, 0.29) is 6.79 Å². The maximum absolute atomic E-state index is 13.5. The fourth-order valence-corrected chi connectivity index (χ4v) is 4.53. The van der Waals surface area contributed by atoms with Crippen LogP contribution < -0.4 is 0 Å². The molecule has 4 heteroatoms. The minimum Gasteiger partial charge on any atom is -0.354 e. The van der Waals surface area contributed by atoms with E-state index in [0.29, 0.717) is 0 Å². The Labute approximate surface area is 149 Å². The molecule has 0 amide bonds. The van der Waals surface area contributed by atoms with Crippen molar-refractivity contribution < 1.29 is 13.8 Å². The monoisotopic (exact) mass is 351 g/mol. The van der Waals surface area contributed by atoms with Gasteiger partial charge in [-0.3, -0.25) is 0 Å². The molecule has 0 saturated heterocycles. The second kappa shape index (κ2) is 8.17. The van der Waals surface area contributed by atoms with E-state index in [1.807, 2.05) is 91.0 Å². The van der Waals surface area contributed by atoms with Crippen LogP contribution in [0.3, 0.4) is 0 Å². The Hall–Kier alpha value is -2.32. The van der Waals surface area contributed by atoms with E-state index < -0.39 is 13.2 Å². The van der Waals surface area contributed by atoms with Gasteiger partial charge in [0, 0.05) is 23.8 Å². The molecule has 0 aliphatic heterocycles. The second-order valence-electron chi connectivity index (χ2n) is 5.60. The summed E-state index contributed by atoms with van der Waals surface area (Å²) in [5.41, 5.74) is 2.76. The van der Waals surface area contributed by atoms with E-state index >= 15 is 0 Å². The lowest BCUT2D eigenvalue weighted by Gasteiger charge is -2.24. The van der Waals surface area contributed by atoms with Crippen LogP contribution in [-0.2, 0) is 19.0 Å². The van der Waals surface area contributed by atoms with Crippen molar-refractivity contribution in [3.05, 3.63) is 108 Å². The third-order valence-electron chi connectivity index (χ3n) is 4.14. The van der Waals surface area contributed by atoms with Gasteiger partial charge in [0.1, 0.15) is 0 Å². The van der Waals surface area contributed by atoms with Crippen LogP contribution in [0.4, 0.5) is 0 Å². The molecule has 0 heterocycles. The Balaban J connectivity index is 2.30. The third-order valence-corrected chi connectivity index (χ3v) is 5.80. The van der Waals surface area contributed by atoms with Crippen molar-refractivity contribution in [3.63, 3.8) is 0 Å². The molecule has 1 unspecified atom stereocenters. The number of hydrogen-bond donors (Lipinski definition) is 0. The van der Waals surface area contributed by atoms with E-state index in [0.717, 1.165) is 16.7 Å². The van der Waals surface area contributed by atoms with E-state index in [1.54, 1.807) is 0 Å². The Morgan fingerprint density at radius 2 is 1.08 bits per heavy atom. The molecule has 3 rings (SSSR count). The van der Waals surface area contributed by atoms with Crippen molar-refractivity contribution >= 4 is 8.03 Å². The number of rotatable bonds is 7. The van der Waals surface area contributed by atoms with Crippen LogP contribution in [-0.4, -0.2) is 13.9 Å². The Bertz CT molecular complexity index is 708. The average molecular weight is 351 g/mol. The summed E-state index contributed by atoms with van der Waals surface area (Å²) in [5.74, 6) is 0. The zero-order chi connectivity index (χ0) is 17.5. The molecule has 0 bridgehead atoms. The summed E-state index contributed by atoms with van der Waals surface area (Å²) < 4.78 is 24.1. The van der Waals surface area contributed by atoms with Crippen molar-refractivity contribution in [1.29, 1.82) is 0 Å². The van der Waals surface area contributed by atoms with E-state index in [9.17, 15) is 4.57 Å². The smallest absolute Gasteiger partial charge is 0.354 e. The molecule has 0 fully saturated rings. The third kappa shape index (κ3) is 3.40. The molecule has 25 heavy (non-hydrogen) atoms. The first-order valence-electron chi connectivity index (χ1n) is 8.06. The van der Waals surface area contributed by atoms with E-state index in [4.69, 9.17) is 9.26 Å². The van der Waals surface area contributed by atoms with Gasteiger partial charge in [0.2, 0.25) is 6.79 Å². The zero-order valence-electron chi connectivity index (χ0n) is 14.0. The fourth-order valence-electron chi connectivity index (χ4n) is 3.05. The summed E-state index contributed by atoms with van der Waals surface area (Å²) in [7, 11) is -0.612. The van der Waals surface area contributed by atoms with Gasteiger partial charge in [-0.05, 0) is 4.57 Å². The van der Waals surface area contributed by atoms with Crippen LogP contribution in [0.5, 0.6) is 0 Å². The van der Waals surface area contributed by atoms with Crippen molar-refractivity contribution in [1.82, 2.24) is 0 Å². The van der Waals surface area contributed by atoms with Crippen LogP contribution in [0, 0.1) is 0 Å². The van der Waals surface area contributed by atoms with Gasteiger partial charge in [0.25, 0.3) is 5.16 Å². The summed E-state index contributed by atoms with van der Waals surface area (Å²) >= 11 is 0. The Morgan fingerprint density at radius 3 is 1.40 bits per heavy atom. The van der Waals surface area contributed by atoms with Crippen LogP contribution in [0.25, 0.3) is 0 Å². The van der Waals surface area contributed by atoms with Crippen LogP contribution in [0.1, 0.15) is 16.7 Å². The van der Waals surface area contributed by atoms with Crippen LogP contribution in [0.2, 0.25) is 0 Å². The summed E-state index contributed by atoms with van der Waals surface area (Å²) in [4.78, 5) is 0. The predicted molar refractivity (Wildman–Crippen MR) is 99.8 cm³/mol. The van der Waals surface area contributed by atoms with Crippen LogP contribution >= 0.6 is 8.03 Å². The molecule has 126 valence electrons. The van der Waals surface area contributed by atoms with Gasteiger partial charge in [-0.2, -0.15) is 0 Å². The van der Waals surface area contributed by atoms with Gasteiger partial charge in [0.05, 0.1) is 0 Å². The highest BCUT2D eigenvalue weighted by Crippen LogP contribution is 2.57. The lowest BCUT2D eigenvalue weighted by Crippen LogP contribution is -2.26. The van der Waals surface area contributed by atoms with Gasteiger partial charge in [-0.15, -0.1) is 4.52 Å². The predicted octanol–water partition coefficient (Wildman–Crippen LogP) is 5.34. The quantitative estimate of drug-likeness (QED) is 0.327. The first-order chi connectivity index (χ1) is 12.3. The first kappa shape index (κ1) is 17.5. The molecule has 0 spiro atoms. The summed E-state index contributed by atoms with van der Waals surface area (Å²) in [6, 6.07) is 29.5. The maximum atomic E-state index is 13.5. The summed E-state index contributed by atoms with van der Waals surface area (Å²) in [5, 5.41) is -0.905. The van der Waals surface area contributed by atoms with Crippen molar-refractivity contribution in [2.75, 3.05) is 13.9 Å². The topological polar surface area (TPSA) is 35.5 Å². The summed E-state index contributed by atoms with van der Waals surface area (Å²) in [6.45, 7) is -0.0244. The molecule has 0 aromatic heterocycles. The molecule has 3 aromatic rings. The summed E-state index contributed by atoms with van der Waals surface area (Å²) in [6.07, 6.45) is 0. The average Bonchev–Trinajstić information content (AvgIpc) is 2.69. The van der Waals surface area contributed by atoms with Crippen molar-refractivity contribution in [3.8, 4) is 0 Å². The molecule has 1 atom stereocenters. The van der Waals surface area contributed by atoms with Crippen LogP contribution in [0.15, 0.2) is 91.0 Å².